The first kappa shape index (κ1) is 25.3. The Kier molecular flexibility index (Phi) is 6.92. The number of fused-ring (bicyclic) bond motifs is 2. The third-order valence-corrected chi connectivity index (χ3v) is 7.31. The maximum absolute atomic E-state index is 14.0. The van der Waals surface area contributed by atoms with Crippen molar-refractivity contribution in [3.63, 3.8) is 0 Å². The number of rotatable bonds is 8. The first-order valence-electron chi connectivity index (χ1n) is 13.1. The Morgan fingerprint density at radius 2 is 1.85 bits per heavy atom. The summed E-state index contributed by atoms with van der Waals surface area (Å²) in [7, 11) is 1.73. The van der Waals surface area contributed by atoms with Crippen LogP contribution in [0.3, 0.4) is 0 Å². The van der Waals surface area contributed by atoms with Gasteiger partial charge in [-0.15, -0.1) is 10.2 Å². The van der Waals surface area contributed by atoms with E-state index >= 15 is 0 Å². The van der Waals surface area contributed by atoms with E-state index in [1.54, 1.807) is 13.2 Å². The van der Waals surface area contributed by atoms with Gasteiger partial charge in [-0.05, 0) is 49.6 Å². The van der Waals surface area contributed by atoms with Crippen LogP contribution in [0.1, 0.15) is 24.2 Å². The van der Waals surface area contributed by atoms with E-state index in [2.05, 4.69) is 20.4 Å². The van der Waals surface area contributed by atoms with Crippen LogP contribution in [-0.2, 0) is 11.3 Å². The summed E-state index contributed by atoms with van der Waals surface area (Å²) < 4.78 is 36.8. The number of piperidine rings is 1. The summed E-state index contributed by atoms with van der Waals surface area (Å²) in [6.45, 7) is 5.81. The molecule has 202 valence electrons. The third kappa shape index (κ3) is 5.07. The van der Waals surface area contributed by atoms with Gasteiger partial charge in [-0.2, -0.15) is 0 Å². The molecule has 0 spiro atoms. The van der Waals surface area contributed by atoms with Gasteiger partial charge >= 0.3 is 0 Å². The molecule has 3 aromatic heterocycles. The zero-order valence-corrected chi connectivity index (χ0v) is 21.9. The lowest BCUT2D eigenvalue weighted by Crippen LogP contribution is -2.40. The predicted molar refractivity (Wildman–Crippen MR) is 145 cm³/mol. The fraction of sp³-hybridized carbons (Fsp3) is 0.357. The number of nitrogens with zero attached hydrogens (tertiary/aromatic N) is 7. The number of halogens is 2. The van der Waals surface area contributed by atoms with Crippen LogP contribution in [-0.4, -0.2) is 73.4 Å². The number of likely N-dealkylation sites (tertiary alicyclic amines) is 1. The number of para-hydroxylation sites is 2. The Labute approximate surface area is 224 Å². The minimum atomic E-state index is -0.877. The summed E-state index contributed by atoms with van der Waals surface area (Å²) in [5.74, 6) is 0.250. The topological polar surface area (TPSA) is 85.4 Å². The maximum atomic E-state index is 14.0. The average molecular weight is 533 g/mol. The van der Waals surface area contributed by atoms with Crippen molar-refractivity contribution < 1.29 is 13.5 Å². The molecule has 39 heavy (non-hydrogen) atoms. The largest absolute Gasteiger partial charge is 0.383 e. The molecule has 0 radical (unpaired) electrons. The minimum Gasteiger partial charge on any atom is -0.383 e. The highest BCUT2D eigenvalue weighted by Crippen LogP contribution is 2.28. The van der Waals surface area contributed by atoms with Gasteiger partial charge in [0.2, 0.25) is 5.65 Å². The molecule has 9 nitrogen and oxygen atoms in total. The molecule has 6 rings (SSSR count). The van der Waals surface area contributed by atoms with Crippen LogP contribution in [0.4, 0.5) is 14.6 Å². The van der Waals surface area contributed by atoms with Crippen LogP contribution in [0.15, 0.2) is 48.7 Å². The maximum Gasteiger partial charge on any atom is 0.203 e. The molecule has 1 fully saturated rings. The van der Waals surface area contributed by atoms with Gasteiger partial charge in [0.1, 0.15) is 11.5 Å². The van der Waals surface area contributed by atoms with Gasteiger partial charge in [0, 0.05) is 45.5 Å². The number of imidazole rings is 1. The zero-order valence-electron chi connectivity index (χ0n) is 21.9. The molecule has 1 N–H and O–H groups in total. The van der Waals surface area contributed by atoms with Gasteiger partial charge in [-0.1, -0.05) is 18.2 Å². The smallest absolute Gasteiger partial charge is 0.203 e. The molecule has 1 aliphatic rings. The molecular formula is C28H30F2N8O. The molecular weight excluding hydrogens is 502 g/mol. The number of aryl methyl sites for hydroxylation is 1. The highest BCUT2D eigenvalue weighted by molar-refractivity contribution is 5.80. The summed E-state index contributed by atoms with van der Waals surface area (Å²) in [6, 6.07) is 12.0. The highest BCUT2D eigenvalue weighted by atomic mass is 19.2. The van der Waals surface area contributed by atoms with Crippen molar-refractivity contribution >= 4 is 22.5 Å². The van der Waals surface area contributed by atoms with Gasteiger partial charge < -0.3 is 19.5 Å². The van der Waals surface area contributed by atoms with Crippen LogP contribution in [0, 0.1) is 18.6 Å². The number of hydrogen-bond acceptors (Lipinski definition) is 7. The summed E-state index contributed by atoms with van der Waals surface area (Å²) >= 11 is 0. The Balaban J connectivity index is 1.38. The average Bonchev–Trinajstić information content (AvgIpc) is 3.51. The quantitative estimate of drug-likeness (QED) is 0.319. The lowest BCUT2D eigenvalue weighted by atomic mass is 10.1. The Bertz CT molecular complexity index is 1620. The molecule has 11 heteroatoms. The zero-order chi connectivity index (χ0) is 26.9. The summed E-state index contributed by atoms with van der Waals surface area (Å²) in [4.78, 5) is 12.3. The van der Waals surface area contributed by atoms with Crippen LogP contribution >= 0.6 is 0 Å². The van der Waals surface area contributed by atoms with Crippen molar-refractivity contribution in [3.05, 3.63) is 71.7 Å². The van der Waals surface area contributed by atoms with Crippen molar-refractivity contribution in [2.24, 2.45) is 0 Å². The Morgan fingerprint density at radius 1 is 1.03 bits per heavy atom. The van der Waals surface area contributed by atoms with Gasteiger partial charge in [0.15, 0.2) is 23.3 Å². The van der Waals surface area contributed by atoms with Crippen LogP contribution in [0.25, 0.3) is 28.2 Å². The molecule has 4 heterocycles. The van der Waals surface area contributed by atoms with E-state index in [4.69, 9.17) is 14.7 Å². The van der Waals surface area contributed by atoms with E-state index in [9.17, 15) is 8.78 Å². The van der Waals surface area contributed by atoms with Gasteiger partial charge in [-0.25, -0.2) is 18.7 Å². The summed E-state index contributed by atoms with van der Waals surface area (Å²) in [5.41, 5.74) is 3.57. The monoisotopic (exact) mass is 532 g/mol. The Morgan fingerprint density at radius 3 is 2.64 bits per heavy atom. The molecule has 0 saturated carbocycles. The van der Waals surface area contributed by atoms with Crippen molar-refractivity contribution in [2.45, 2.75) is 32.4 Å². The number of nitrogens with one attached hydrogen (secondary N) is 1. The van der Waals surface area contributed by atoms with E-state index in [1.165, 1.54) is 6.07 Å². The van der Waals surface area contributed by atoms with Gasteiger partial charge in [0.25, 0.3) is 0 Å². The van der Waals surface area contributed by atoms with E-state index in [0.717, 1.165) is 62.0 Å². The molecule has 0 bridgehead atoms. The van der Waals surface area contributed by atoms with E-state index in [0.29, 0.717) is 35.1 Å². The third-order valence-electron chi connectivity index (χ3n) is 7.31. The van der Waals surface area contributed by atoms with Gasteiger partial charge in [0.05, 0.1) is 17.6 Å². The number of anilines is 1. The van der Waals surface area contributed by atoms with Crippen LogP contribution in [0.5, 0.6) is 0 Å². The lowest BCUT2D eigenvalue weighted by Gasteiger charge is -2.32. The van der Waals surface area contributed by atoms with Gasteiger partial charge in [-0.3, -0.25) is 4.40 Å². The second-order valence-corrected chi connectivity index (χ2v) is 9.93. The first-order chi connectivity index (χ1) is 19.0. The molecule has 0 amide bonds. The second kappa shape index (κ2) is 10.7. The number of aromatic nitrogens is 6. The second-order valence-electron chi connectivity index (χ2n) is 9.93. The number of hydrogen-bond donors (Lipinski definition) is 1. The predicted octanol–water partition coefficient (Wildman–Crippen LogP) is 4.30. The number of ether oxygens (including phenoxy) is 1. The van der Waals surface area contributed by atoms with E-state index < -0.39 is 11.6 Å². The van der Waals surface area contributed by atoms with E-state index in [1.807, 2.05) is 46.4 Å². The minimum absolute atomic E-state index is 0.244. The molecule has 0 atom stereocenters. The van der Waals surface area contributed by atoms with Crippen molar-refractivity contribution in [1.82, 2.24) is 34.0 Å². The molecule has 0 aliphatic carbocycles. The first-order valence-corrected chi connectivity index (χ1v) is 13.1. The van der Waals surface area contributed by atoms with Crippen LogP contribution in [0.2, 0.25) is 0 Å². The molecule has 1 aliphatic heterocycles. The molecule has 1 saturated heterocycles. The number of methoxy groups -OCH3 is 1. The van der Waals surface area contributed by atoms with Crippen LogP contribution < -0.4 is 5.32 Å². The summed E-state index contributed by atoms with van der Waals surface area (Å²) in [5, 5.41) is 12.3. The number of benzene rings is 2. The fourth-order valence-electron chi connectivity index (χ4n) is 5.18. The molecule has 5 aromatic rings. The molecule has 2 aromatic carbocycles. The fourth-order valence-corrected chi connectivity index (χ4v) is 5.18. The van der Waals surface area contributed by atoms with Crippen molar-refractivity contribution in [1.29, 1.82) is 0 Å². The standard InChI is InChI=1S/C28H30F2N8O/c1-18-34-35-28-26(31-20-9-11-36(12-10-20)13-14-39-2)32-24(17-37(18)28)27-33-23-5-3-4-6-25(23)38(27)16-19-7-8-21(29)22(30)15-19/h3-8,15,17,20H,9-14,16H2,1-2H3,(H,31,32). The summed E-state index contributed by atoms with van der Waals surface area (Å²) in [6.07, 6.45) is 3.83. The van der Waals surface area contributed by atoms with Crippen molar-refractivity contribution in [3.8, 4) is 11.5 Å². The molecule has 0 unspecified atom stereocenters. The normalized spacial score (nSPS) is 15.0. The van der Waals surface area contributed by atoms with Crippen molar-refractivity contribution in [2.75, 3.05) is 38.7 Å². The Hall–Kier alpha value is -3.96. The van der Waals surface area contributed by atoms with E-state index in [-0.39, 0.29) is 6.04 Å². The highest BCUT2D eigenvalue weighted by Gasteiger charge is 2.23. The lowest BCUT2D eigenvalue weighted by molar-refractivity contribution is 0.132. The SMILES string of the molecule is COCCN1CCC(Nc2nc(-c3nc4ccccc4n3Cc3ccc(F)c(F)c3)cn3c(C)nnc23)CC1.